The lowest BCUT2D eigenvalue weighted by Crippen LogP contribution is -2.26. The fraction of sp³-hybridized carbons (Fsp3) is 0.500. The van der Waals surface area contributed by atoms with Gasteiger partial charge in [0.2, 0.25) is 0 Å². The molecule has 0 bridgehead atoms. The number of fused-ring (bicyclic) bond motifs is 1. The molecule has 0 aromatic carbocycles. The van der Waals surface area contributed by atoms with Crippen molar-refractivity contribution < 1.29 is 0 Å². The Labute approximate surface area is 124 Å². The summed E-state index contributed by atoms with van der Waals surface area (Å²) in [5, 5.41) is 3.24. The second-order valence-corrected chi connectivity index (χ2v) is 5.97. The van der Waals surface area contributed by atoms with Crippen LogP contribution in [0.25, 0.3) is 5.65 Å². The molecule has 1 unspecified atom stereocenters. The zero-order valence-electron chi connectivity index (χ0n) is 12.7. The van der Waals surface area contributed by atoms with Crippen molar-refractivity contribution in [3.05, 3.63) is 46.0 Å². The van der Waals surface area contributed by atoms with Gasteiger partial charge in [-0.3, -0.25) is 14.1 Å². The van der Waals surface area contributed by atoms with Gasteiger partial charge in [-0.15, -0.1) is 0 Å². The summed E-state index contributed by atoms with van der Waals surface area (Å²) < 4.78 is 1.60. The van der Waals surface area contributed by atoms with Gasteiger partial charge in [0.05, 0.1) is 5.69 Å². The lowest BCUT2D eigenvalue weighted by Gasteiger charge is -2.15. The largest absolute Gasteiger partial charge is 0.319 e. The third-order valence-electron chi connectivity index (χ3n) is 4.12. The lowest BCUT2D eigenvalue weighted by molar-refractivity contribution is 0.311. The summed E-state index contributed by atoms with van der Waals surface area (Å²) in [5.74, 6) is 0.707. The van der Waals surface area contributed by atoms with E-state index < -0.39 is 0 Å². The molecule has 1 aliphatic rings. The van der Waals surface area contributed by atoms with Crippen LogP contribution in [-0.2, 0) is 6.54 Å². The molecule has 1 saturated heterocycles. The van der Waals surface area contributed by atoms with Crippen LogP contribution in [0.15, 0.2) is 29.2 Å². The van der Waals surface area contributed by atoms with Crippen LogP contribution < -0.4 is 10.9 Å². The van der Waals surface area contributed by atoms with Gasteiger partial charge in [0, 0.05) is 25.4 Å². The van der Waals surface area contributed by atoms with Gasteiger partial charge in [-0.05, 0) is 57.1 Å². The Bertz CT molecular complexity index is 694. The van der Waals surface area contributed by atoms with Gasteiger partial charge in [-0.2, -0.15) is 0 Å². The minimum Gasteiger partial charge on any atom is -0.319 e. The maximum absolute atomic E-state index is 12.1. The summed E-state index contributed by atoms with van der Waals surface area (Å²) in [6, 6.07) is 5.55. The first-order valence-electron chi connectivity index (χ1n) is 7.51. The van der Waals surface area contributed by atoms with Crippen molar-refractivity contribution in [1.29, 1.82) is 0 Å². The van der Waals surface area contributed by atoms with E-state index in [9.17, 15) is 4.79 Å². The molecule has 0 radical (unpaired) electrons. The van der Waals surface area contributed by atoms with E-state index in [1.807, 2.05) is 26.1 Å². The first-order valence-corrected chi connectivity index (χ1v) is 7.51. The van der Waals surface area contributed by atoms with Crippen LogP contribution in [0.1, 0.15) is 17.7 Å². The standard InChI is InChI=1S/C16H22N4O/c1-12-3-6-20-15(7-12)18-14(8-16(20)21)11-19-5-4-13(10-19)9-17-2/h3,6-8,13,17H,4-5,9-11H2,1-2H3. The average molecular weight is 286 g/mol. The fourth-order valence-electron chi connectivity index (χ4n) is 3.08. The highest BCUT2D eigenvalue weighted by molar-refractivity contribution is 5.41. The van der Waals surface area contributed by atoms with Crippen molar-refractivity contribution in [3.63, 3.8) is 0 Å². The molecule has 5 nitrogen and oxygen atoms in total. The maximum atomic E-state index is 12.1. The molecule has 3 rings (SSSR count). The third kappa shape index (κ3) is 3.14. The second kappa shape index (κ2) is 5.95. The van der Waals surface area contributed by atoms with Crippen LogP contribution in [0.3, 0.4) is 0 Å². The molecule has 112 valence electrons. The van der Waals surface area contributed by atoms with Crippen molar-refractivity contribution in [1.82, 2.24) is 19.6 Å². The van der Waals surface area contributed by atoms with Crippen molar-refractivity contribution in [3.8, 4) is 0 Å². The molecule has 2 aromatic rings. The molecule has 0 amide bonds. The van der Waals surface area contributed by atoms with E-state index in [1.54, 1.807) is 16.7 Å². The molecule has 0 spiro atoms. The second-order valence-electron chi connectivity index (χ2n) is 5.97. The van der Waals surface area contributed by atoms with E-state index in [0.29, 0.717) is 5.92 Å². The molecule has 3 heterocycles. The van der Waals surface area contributed by atoms with Gasteiger partial charge < -0.3 is 5.32 Å². The summed E-state index contributed by atoms with van der Waals surface area (Å²) in [4.78, 5) is 19.2. The highest BCUT2D eigenvalue weighted by atomic mass is 16.1. The summed E-state index contributed by atoms with van der Waals surface area (Å²) in [6.45, 7) is 6.00. The van der Waals surface area contributed by atoms with Crippen LogP contribution in [0.5, 0.6) is 0 Å². The number of aryl methyl sites for hydroxylation is 1. The molecule has 1 atom stereocenters. The first-order chi connectivity index (χ1) is 10.2. The minimum absolute atomic E-state index is 0.000900. The third-order valence-corrected chi connectivity index (χ3v) is 4.12. The number of pyridine rings is 1. The molecule has 1 N–H and O–H groups in total. The van der Waals surface area contributed by atoms with Gasteiger partial charge in [0.25, 0.3) is 5.56 Å². The Morgan fingerprint density at radius 2 is 2.29 bits per heavy atom. The van der Waals surface area contributed by atoms with E-state index >= 15 is 0 Å². The highest BCUT2D eigenvalue weighted by Crippen LogP contribution is 2.17. The fourth-order valence-corrected chi connectivity index (χ4v) is 3.08. The monoisotopic (exact) mass is 286 g/mol. The number of likely N-dealkylation sites (tertiary alicyclic amines) is 1. The van der Waals surface area contributed by atoms with Crippen LogP contribution in [0.2, 0.25) is 0 Å². The Kier molecular flexibility index (Phi) is 4.03. The smallest absolute Gasteiger partial charge is 0.258 e. The minimum atomic E-state index is 0.000900. The zero-order valence-corrected chi connectivity index (χ0v) is 12.7. The molecular formula is C16H22N4O. The van der Waals surface area contributed by atoms with Gasteiger partial charge in [0.1, 0.15) is 5.65 Å². The van der Waals surface area contributed by atoms with E-state index in [4.69, 9.17) is 0 Å². The SMILES string of the molecule is CNCC1CCN(Cc2cc(=O)n3ccc(C)cc3n2)C1. The predicted octanol–water partition coefficient (Wildman–Crippen LogP) is 1.04. The van der Waals surface area contributed by atoms with E-state index in [2.05, 4.69) is 15.2 Å². The Morgan fingerprint density at radius 1 is 1.43 bits per heavy atom. The number of nitrogens with zero attached hydrogens (tertiary/aromatic N) is 3. The Morgan fingerprint density at radius 3 is 3.10 bits per heavy atom. The molecule has 0 aliphatic carbocycles. The van der Waals surface area contributed by atoms with Crippen LogP contribution in [0, 0.1) is 12.8 Å². The van der Waals surface area contributed by atoms with Crippen LogP contribution in [0.4, 0.5) is 0 Å². The molecular weight excluding hydrogens is 264 g/mol. The van der Waals surface area contributed by atoms with Crippen molar-refractivity contribution in [2.45, 2.75) is 19.9 Å². The Hall–Kier alpha value is -1.72. The van der Waals surface area contributed by atoms with E-state index in [1.165, 1.54) is 6.42 Å². The molecule has 2 aromatic heterocycles. The molecule has 5 heteroatoms. The van der Waals surface area contributed by atoms with Crippen molar-refractivity contribution >= 4 is 5.65 Å². The number of hydrogen-bond acceptors (Lipinski definition) is 4. The zero-order chi connectivity index (χ0) is 14.8. The van der Waals surface area contributed by atoms with Gasteiger partial charge in [0.15, 0.2) is 0 Å². The highest BCUT2D eigenvalue weighted by Gasteiger charge is 2.22. The summed E-state index contributed by atoms with van der Waals surface area (Å²) in [7, 11) is 2.00. The summed E-state index contributed by atoms with van der Waals surface area (Å²) in [6.07, 6.45) is 3.01. The van der Waals surface area contributed by atoms with Crippen LogP contribution in [-0.4, -0.2) is 41.0 Å². The molecule has 21 heavy (non-hydrogen) atoms. The van der Waals surface area contributed by atoms with Gasteiger partial charge in [-0.1, -0.05) is 0 Å². The lowest BCUT2D eigenvalue weighted by atomic mass is 10.1. The summed E-state index contributed by atoms with van der Waals surface area (Å²) in [5.41, 5.74) is 2.73. The van der Waals surface area contributed by atoms with Crippen molar-refractivity contribution in [2.75, 3.05) is 26.7 Å². The van der Waals surface area contributed by atoms with Crippen LogP contribution >= 0.6 is 0 Å². The van der Waals surface area contributed by atoms with Gasteiger partial charge in [-0.25, -0.2) is 4.98 Å². The number of rotatable bonds is 4. The normalized spacial score (nSPS) is 19.4. The number of nitrogens with one attached hydrogen (secondary N) is 1. The molecule has 1 fully saturated rings. The summed E-state index contributed by atoms with van der Waals surface area (Å²) >= 11 is 0. The first kappa shape index (κ1) is 14.2. The predicted molar refractivity (Wildman–Crippen MR) is 83.5 cm³/mol. The van der Waals surface area contributed by atoms with E-state index in [0.717, 1.165) is 43.1 Å². The van der Waals surface area contributed by atoms with Gasteiger partial charge >= 0.3 is 0 Å². The quantitative estimate of drug-likeness (QED) is 0.912. The maximum Gasteiger partial charge on any atom is 0.258 e. The molecule has 1 aliphatic heterocycles. The van der Waals surface area contributed by atoms with E-state index in [-0.39, 0.29) is 5.56 Å². The number of aromatic nitrogens is 2. The van der Waals surface area contributed by atoms with Crippen molar-refractivity contribution in [2.24, 2.45) is 5.92 Å². The number of hydrogen-bond donors (Lipinski definition) is 1. The average Bonchev–Trinajstić information content (AvgIpc) is 2.86. The molecule has 0 saturated carbocycles. The Balaban J connectivity index is 1.80. The topological polar surface area (TPSA) is 49.6 Å².